The molecule has 0 heterocycles. The van der Waals surface area contributed by atoms with Crippen LogP contribution < -0.4 is 5.73 Å². The molecule has 0 amide bonds. The van der Waals surface area contributed by atoms with Gasteiger partial charge in [-0.25, -0.2) is 0 Å². The smallest absolute Gasteiger partial charge is 0.308 e. The zero-order chi connectivity index (χ0) is 8.43. The molecule has 0 bridgehead atoms. The Labute approximate surface area is 66.6 Å². The normalized spacial score (nSPS) is 38.5. The van der Waals surface area contributed by atoms with Gasteiger partial charge in [0.15, 0.2) is 0 Å². The van der Waals surface area contributed by atoms with Gasteiger partial charge < -0.3 is 10.8 Å². The Balaban J connectivity index is 2.58. The Bertz CT molecular complexity index is 158. The lowest BCUT2D eigenvalue weighted by atomic mass is 9.78. The van der Waals surface area contributed by atoms with Gasteiger partial charge >= 0.3 is 5.97 Å². The number of nitrogens with two attached hydrogens (primary N) is 1. The highest BCUT2D eigenvalue weighted by atomic mass is 16.4. The minimum Gasteiger partial charge on any atom is -0.481 e. The number of carboxylic acid groups (broad SMARTS) is 1. The van der Waals surface area contributed by atoms with Crippen LogP contribution in [0.2, 0.25) is 0 Å². The van der Waals surface area contributed by atoms with Gasteiger partial charge in [-0.2, -0.15) is 0 Å². The Morgan fingerprint density at radius 2 is 2.18 bits per heavy atom. The van der Waals surface area contributed by atoms with Crippen molar-refractivity contribution in [2.24, 2.45) is 17.6 Å². The van der Waals surface area contributed by atoms with Gasteiger partial charge in [0.2, 0.25) is 0 Å². The second-order valence-electron chi connectivity index (χ2n) is 3.43. The summed E-state index contributed by atoms with van der Waals surface area (Å²) in [6, 6.07) is -0.138. The molecule has 3 heteroatoms. The summed E-state index contributed by atoms with van der Waals surface area (Å²) in [4.78, 5) is 10.6. The number of aliphatic carboxylic acids is 1. The standard InChI is InChI=1S/C8H15NO2/c1-5-3-2-4-6(7(5)9)8(10)11/h5-7H,2-4,9H2,1H3,(H,10,11). The lowest BCUT2D eigenvalue weighted by molar-refractivity contribution is -0.144. The van der Waals surface area contributed by atoms with Gasteiger partial charge in [0, 0.05) is 6.04 Å². The second kappa shape index (κ2) is 3.22. The summed E-state index contributed by atoms with van der Waals surface area (Å²) in [5.74, 6) is -0.673. The van der Waals surface area contributed by atoms with E-state index in [1.807, 2.05) is 6.92 Å². The number of hydrogen-bond donors (Lipinski definition) is 2. The van der Waals surface area contributed by atoms with Crippen LogP contribution in [0.4, 0.5) is 0 Å². The summed E-state index contributed by atoms with van der Waals surface area (Å²) in [5.41, 5.74) is 5.74. The van der Waals surface area contributed by atoms with E-state index in [0.29, 0.717) is 5.92 Å². The molecule has 0 aliphatic heterocycles. The van der Waals surface area contributed by atoms with E-state index in [1.54, 1.807) is 0 Å². The fourth-order valence-electron chi connectivity index (χ4n) is 1.73. The summed E-state index contributed by atoms with van der Waals surface area (Å²) in [6.45, 7) is 2.03. The average Bonchev–Trinajstić information content (AvgIpc) is 1.94. The predicted octanol–water partition coefficient (Wildman–Crippen LogP) is 0.835. The molecule has 11 heavy (non-hydrogen) atoms. The number of rotatable bonds is 1. The van der Waals surface area contributed by atoms with Crippen LogP contribution in [0.1, 0.15) is 26.2 Å². The van der Waals surface area contributed by atoms with Crippen molar-refractivity contribution in [1.82, 2.24) is 0 Å². The molecule has 1 aliphatic rings. The maximum atomic E-state index is 10.6. The molecule has 3 N–H and O–H groups in total. The Morgan fingerprint density at radius 1 is 1.55 bits per heavy atom. The maximum Gasteiger partial charge on any atom is 0.308 e. The van der Waals surface area contributed by atoms with Gasteiger partial charge in [0.25, 0.3) is 0 Å². The zero-order valence-corrected chi connectivity index (χ0v) is 6.79. The van der Waals surface area contributed by atoms with E-state index in [0.717, 1.165) is 19.3 Å². The quantitative estimate of drug-likeness (QED) is 0.592. The van der Waals surface area contributed by atoms with Gasteiger partial charge in [0.1, 0.15) is 0 Å². The van der Waals surface area contributed by atoms with Crippen LogP contribution in [0.5, 0.6) is 0 Å². The van der Waals surface area contributed by atoms with Gasteiger partial charge in [-0.1, -0.05) is 13.3 Å². The fourth-order valence-corrected chi connectivity index (χ4v) is 1.73. The first kappa shape index (κ1) is 8.53. The van der Waals surface area contributed by atoms with Crippen LogP contribution in [0, 0.1) is 11.8 Å². The number of hydrogen-bond acceptors (Lipinski definition) is 2. The Hall–Kier alpha value is -0.570. The van der Waals surface area contributed by atoms with Crippen molar-refractivity contribution in [2.45, 2.75) is 32.2 Å². The zero-order valence-electron chi connectivity index (χ0n) is 6.79. The first-order valence-corrected chi connectivity index (χ1v) is 4.11. The van der Waals surface area contributed by atoms with E-state index in [4.69, 9.17) is 10.8 Å². The van der Waals surface area contributed by atoms with Crippen molar-refractivity contribution in [3.05, 3.63) is 0 Å². The number of carbonyl (C=O) groups is 1. The third-order valence-electron chi connectivity index (χ3n) is 2.61. The van der Waals surface area contributed by atoms with E-state index in [1.165, 1.54) is 0 Å². The monoisotopic (exact) mass is 157 g/mol. The highest BCUT2D eigenvalue weighted by Gasteiger charge is 2.32. The van der Waals surface area contributed by atoms with Gasteiger partial charge in [-0.15, -0.1) is 0 Å². The van der Waals surface area contributed by atoms with Gasteiger partial charge in [-0.05, 0) is 18.8 Å². The third-order valence-corrected chi connectivity index (χ3v) is 2.61. The van der Waals surface area contributed by atoms with Gasteiger partial charge in [-0.3, -0.25) is 4.79 Å². The molecule has 0 aromatic carbocycles. The number of carboxylic acids is 1. The molecule has 0 aromatic rings. The van der Waals surface area contributed by atoms with Crippen molar-refractivity contribution in [3.8, 4) is 0 Å². The molecule has 0 radical (unpaired) electrons. The van der Waals surface area contributed by atoms with Crippen LogP contribution in [-0.4, -0.2) is 17.1 Å². The molecule has 0 spiro atoms. The first-order chi connectivity index (χ1) is 5.13. The summed E-state index contributed by atoms with van der Waals surface area (Å²) >= 11 is 0. The maximum absolute atomic E-state index is 10.6. The molecule has 3 nitrogen and oxygen atoms in total. The van der Waals surface area contributed by atoms with Crippen molar-refractivity contribution >= 4 is 5.97 Å². The van der Waals surface area contributed by atoms with E-state index in [9.17, 15) is 4.79 Å². The lowest BCUT2D eigenvalue weighted by Gasteiger charge is -2.30. The fraction of sp³-hybridized carbons (Fsp3) is 0.875. The van der Waals surface area contributed by atoms with Crippen LogP contribution in [-0.2, 0) is 4.79 Å². The van der Waals surface area contributed by atoms with Crippen LogP contribution in [0.15, 0.2) is 0 Å². The van der Waals surface area contributed by atoms with E-state index >= 15 is 0 Å². The molecule has 3 unspecified atom stereocenters. The van der Waals surface area contributed by atoms with E-state index in [2.05, 4.69) is 0 Å². The highest BCUT2D eigenvalue weighted by molar-refractivity contribution is 5.71. The molecular formula is C8H15NO2. The van der Waals surface area contributed by atoms with E-state index in [-0.39, 0.29) is 12.0 Å². The molecule has 0 saturated heterocycles. The largest absolute Gasteiger partial charge is 0.481 e. The Kier molecular flexibility index (Phi) is 2.49. The van der Waals surface area contributed by atoms with Crippen LogP contribution in [0.3, 0.4) is 0 Å². The third kappa shape index (κ3) is 1.71. The van der Waals surface area contributed by atoms with Crippen molar-refractivity contribution in [2.75, 3.05) is 0 Å². The molecule has 0 aromatic heterocycles. The highest BCUT2D eigenvalue weighted by Crippen LogP contribution is 2.27. The summed E-state index contributed by atoms with van der Waals surface area (Å²) in [5, 5.41) is 8.75. The van der Waals surface area contributed by atoms with Crippen molar-refractivity contribution in [3.63, 3.8) is 0 Å². The topological polar surface area (TPSA) is 63.3 Å². The molecular weight excluding hydrogens is 142 g/mol. The SMILES string of the molecule is CC1CCCC(C(=O)O)C1N. The summed E-state index contributed by atoms with van der Waals surface area (Å²) < 4.78 is 0. The average molecular weight is 157 g/mol. The first-order valence-electron chi connectivity index (χ1n) is 4.11. The molecule has 1 aliphatic carbocycles. The summed E-state index contributed by atoms with van der Waals surface area (Å²) in [7, 11) is 0. The molecule has 3 atom stereocenters. The molecule has 64 valence electrons. The predicted molar refractivity (Wildman–Crippen MR) is 42.1 cm³/mol. The lowest BCUT2D eigenvalue weighted by Crippen LogP contribution is -2.43. The second-order valence-corrected chi connectivity index (χ2v) is 3.43. The molecule has 1 rings (SSSR count). The minimum absolute atomic E-state index is 0.138. The van der Waals surface area contributed by atoms with Crippen molar-refractivity contribution < 1.29 is 9.90 Å². The Morgan fingerprint density at radius 3 is 2.64 bits per heavy atom. The van der Waals surface area contributed by atoms with Gasteiger partial charge in [0.05, 0.1) is 5.92 Å². The van der Waals surface area contributed by atoms with Crippen LogP contribution >= 0.6 is 0 Å². The molecule has 1 saturated carbocycles. The minimum atomic E-state index is -0.732. The van der Waals surface area contributed by atoms with Crippen LogP contribution in [0.25, 0.3) is 0 Å². The van der Waals surface area contributed by atoms with E-state index < -0.39 is 5.97 Å². The molecule has 1 fully saturated rings. The summed E-state index contributed by atoms with van der Waals surface area (Å²) in [6.07, 6.45) is 2.83. The van der Waals surface area contributed by atoms with Crippen molar-refractivity contribution in [1.29, 1.82) is 0 Å².